The van der Waals surface area contributed by atoms with E-state index >= 15 is 0 Å². The maximum Gasteiger partial charge on any atom is 0.165 e. The van der Waals surface area contributed by atoms with E-state index in [0.29, 0.717) is 0 Å². The lowest BCUT2D eigenvalue weighted by Crippen LogP contribution is -2.15. The predicted molar refractivity (Wildman–Crippen MR) is 206 cm³/mol. The van der Waals surface area contributed by atoms with E-state index in [4.69, 9.17) is 9.97 Å². The summed E-state index contributed by atoms with van der Waals surface area (Å²) in [4.78, 5) is 10.9. The minimum absolute atomic E-state index is 0.116. The summed E-state index contributed by atoms with van der Waals surface area (Å²) in [6.07, 6.45) is 0. The molecule has 0 bridgehead atoms. The van der Waals surface area contributed by atoms with E-state index in [2.05, 4.69) is 146 Å². The lowest BCUT2D eigenvalue weighted by Gasteiger charge is -2.22. The molecule has 0 N–H and O–H groups in total. The third kappa shape index (κ3) is 3.14. The van der Waals surface area contributed by atoms with E-state index in [1.807, 2.05) is 11.3 Å². The Labute approximate surface area is 285 Å². The van der Waals surface area contributed by atoms with Gasteiger partial charge in [-0.2, -0.15) is 0 Å². The summed E-state index contributed by atoms with van der Waals surface area (Å²) in [6, 6.07) is 46.8. The molecule has 12 rings (SSSR count). The van der Waals surface area contributed by atoms with E-state index in [1.165, 1.54) is 80.6 Å². The monoisotopic (exact) mass is 641 g/mol. The van der Waals surface area contributed by atoms with Crippen molar-refractivity contribution < 1.29 is 0 Å². The van der Waals surface area contributed by atoms with Gasteiger partial charge in [0.25, 0.3) is 0 Å². The van der Waals surface area contributed by atoms with Gasteiger partial charge in [0.2, 0.25) is 0 Å². The van der Waals surface area contributed by atoms with Crippen LogP contribution < -0.4 is 0 Å². The van der Waals surface area contributed by atoms with Crippen molar-refractivity contribution in [2.24, 2.45) is 0 Å². The second-order valence-corrected chi connectivity index (χ2v) is 15.2. The van der Waals surface area contributed by atoms with Crippen LogP contribution in [-0.2, 0) is 5.41 Å². The quantitative estimate of drug-likeness (QED) is 0.188. The van der Waals surface area contributed by atoms with Crippen LogP contribution in [0.1, 0.15) is 25.0 Å². The van der Waals surface area contributed by atoms with Gasteiger partial charge in [0, 0.05) is 41.9 Å². The van der Waals surface area contributed by atoms with Gasteiger partial charge in [-0.05, 0) is 86.6 Å². The van der Waals surface area contributed by atoms with Crippen molar-refractivity contribution in [1.82, 2.24) is 14.5 Å². The van der Waals surface area contributed by atoms with E-state index in [-0.39, 0.29) is 5.41 Å². The Morgan fingerprint density at radius 1 is 0.510 bits per heavy atom. The smallest absolute Gasteiger partial charge is 0.165 e. The summed E-state index contributed by atoms with van der Waals surface area (Å²) in [5.41, 5.74) is 13.9. The summed E-state index contributed by atoms with van der Waals surface area (Å²) in [6.45, 7) is 4.68. The zero-order valence-corrected chi connectivity index (χ0v) is 27.7. The fourth-order valence-electron chi connectivity index (χ4n) is 9.14. The number of aromatic nitrogens is 3. The molecule has 0 unspecified atom stereocenters. The molecule has 3 aromatic heterocycles. The van der Waals surface area contributed by atoms with E-state index < -0.39 is 0 Å². The topological polar surface area (TPSA) is 30.7 Å². The average Bonchev–Trinajstić information content (AvgIpc) is 3.73. The van der Waals surface area contributed by atoms with Gasteiger partial charge in [-0.3, -0.25) is 4.57 Å². The molecular formula is C45H27N3S. The zero-order chi connectivity index (χ0) is 32.2. The highest BCUT2D eigenvalue weighted by Gasteiger charge is 2.36. The molecule has 2 aliphatic carbocycles. The number of fused-ring (bicyclic) bond motifs is 5. The molecule has 0 fully saturated rings. The number of nitrogens with zero attached hydrogens (tertiary/aromatic N) is 3. The Bertz CT molecular complexity index is 3140. The fraction of sp³-hybridized carbons (Fsp3) is 0.0667. The Morgan fingerprint density at radius 2 is 1.18 bits per heavy atom. The van der Waals surface area contributed by atoms with E-state index in [1.54, 1.807) is 0 Å². The third-order valence-electron chi connectivity index (χ3n) is 11.3. The summed E-state index contributed by atoms with van der Waals surface area (Å²) in [7, 11) is 0. The summed E-state index contributed by atoms with van der Waals surface area (Å²) >= 11 is 1.89. The van der Waals surface area contributed by atoms with Crippen LogP contribution in [0.15, 0.2) is 127 Å². The van der Waals surface area contributed by atoms with Gasteiger partial charge in [0.1, 0.15) is 5.69 Å². The van der Waals surface area contributed by atoms with Gasteiger partial charge in [-0.1, -0.05) is 98.8 Å². The van der Waals surface area contributed by atoms with Gasteiger partial charge in [-0.25, -0.2) is 9.97 Å². The zero-order valence-electron chi connectivity index (χ0n) is 26.9. The summed E-state index contributed by atoms with van der Waals surface area (Å²) in [5, 5.41) is 7.91. The lowest BCUT2D eigenvalue weighted by molar-refractivity contribution is 0.660. The molecule has 0 atom stereocenters. The molecule has 2 aliphatic rings. The van der Waals surface area contributed by atoms with Crippen LogP contribution >= 0.6 is 11.3 Å². The summed E-state index contributed by atoms with van der Waals surface area (Å²) in [5.74, 6) is 0.864. The molecule has 49 heavy (non-hydrogen) atoms. The minimum Gasteiger partial charge on any atom is -0.292 e. The Hall–Kier alpha value is -5.84. The number of hydrogen-bond acceptors (Lipinski definition) is 3. The van der Waals surface area contributed by atoms with Crippen LogP contribution in [0.5, 0.6) is 0 Å². The van der Waals surface area contributed by atoms with Crippen molar-refractivity contribution in [3.63, 3.8) is 0 Å². The number of thiophene rings is 1. The second-order valence-electron chi connectivity index (χ2n) is 14.1. The molecule has 3 nitrogen and oxygen atoms in total. The second kappa shape index (κ2) is 8.79. The van der Waals surface area contributed by atoms with Crippen LogP contribution in [-0.4, -0.2) is 14.5 Å². The average molecular weight is 642 g/mol. The molecule has 0 saturated heterocycles. The van der Waals surface area contributed by atoms with Crippen molar-refractivity contribution in [1.29, 1.82) is 0 Å². The van der Waals surface area contributed by atoms with E-state index in [9.17, 15) is 0 Å². The maximum absolute atomic E-state index is 5.49. The molecule has 0 radical (unpaired) electrons. The highest BCUT2D eigenvalue weighted by molar-refractivity contribution is 7.26. The van der Waals surface area contributed by atoms with Crippen LogP contribution in [0.2, 0.25) is 0 Å². The highest BCUT2D eigenvalue weighted by atomic mass is 32.1. The molecule has 4 heteroatoms. The van der Waals surface area contributed by atoms with Gasteiger partial charge < -0.3 is 0 Å². The molecule has 3 heterocycles. The minimum atomic E-state index is -0.116. The van der Waals surface area contributed by atoms with Crippen molar-refractivity contribution in [3.8, 4) is 39.3 Å². The first-order valence-electron chi connectivity index (χ1n) is 16.9. The van der Waals surface area contributed by atoms with E-state index in [0.717, 1.165) is 33.6 Å². The standard InChI is InChI=1S/C45H27N3S/c1-45(2)30-13-4-3-10-26(30)27-19-17-25(23-31(27)45)43-44(47-33-15-6-5-14-32(33)46-43)48-34-20-18-24-9-7-11-28-29-12-8-16-36-39(29)42-37(49-36)22-21-35(48)41(42)40(34)38(24)28/h3-23H,1-2H3. The molecule has 10 aromatic rings. The lowest BCUT2D eigenvalue weighted by atomic mass is 9.82. The Kier molecular flexibility index (Phi) is 4.69. The number of hydrogen-bond donors (Lipinski definition) is 0. The normalized spacial score (nSPS) is 14.1. The number of benzene rings is 7. The molecule has 228 valence electrons. The molecule has 0 aliphatic heterocycles. The number of rotatable bonds is 2. The Balaban J connectivity index is 1.25. The summed E-state index contributed by atoms with van der Waals surface area (Å²) < 4.78 is 5.06. The van der Waals surface area contributed by atoms with Crippen molar-refractivity contribution in [3.05, 3.63) is 139 Å². The Morgan fingerprint density at radius 3 is 2.06 bits per heavy atom. The first-order chi connectivity index (χ1) is 24.1. The van der Waals surface area contributed by atoms with Gasteiger partial charge in [0.15, 0.2) is 5.82 Å². The van der Waals surface area contributed by atoms with Crippen LogP contribution in [0.3, 0.4) is 0 Å². The van der Waals surface area contributed by atoms with Crippen molar-refractivity contribution in [2.45, 2.75) is 19.3 Å². The van der Waals surface area contributed by atoms with Crippen LogP contribution in [0.25, 0.3) is 103 Å². The van der Waals surface area contributed by atoms with Gasteiger partial charge in [-0.15, -0.1) is 11.3 Å². The van der Waals surface area contributed by atoms with Gasteiger partial charge >= 0.3 is 0 Å². The molecular weight excluding hydrogens is 615 g/mol. The fourth-order valence-corrected chi connectivity index (χ4v) is 10.3. The molecule has 0 saturated carbocycles. The number of para-hydroxylation sites is 2. The van der Waals surface area contributed by atoms with Crippen molar-refractivity contribution >= 4 is 75.1 Å². The largest absolute Gasteiger partial charge is 0.292 e. The molecule has 7 aromatic carbocycles. The highest BCUT2D eigenvalue weighted by Crippen LogP contribution is 2.53. The van der Waals surface area contributed by atoms with Crippen LogP contribution in [0.4, 0.5) is 0 Å². The molecule has 0 amide bonds. The predicted octanol–water partition coefficient (Wildman–Crippen LogP) is 12.2. The third-order valence-corrected chi connectivity index (χ3v) is 12.4. The van der Waals surface area contributed by atoms with Gasteiger partial charge in [0.05, 0.1) is 22.1 Å². The first-order valence-corrected chi connectivity index (χ1v) is 17.7. The first kappa shape index (κ1) is 26.2. The van der Waals surface area contributed by atoms with Crippen molar-refractivity contribution in [2.75, 3.05) is 0 Å². The maximum atomic E-state index is 5.49. The van der Waals surface area contributed by atoms with Crippen LogP contribution in [0, 0.1) is 0 Å². The molecule has 0 spiro atoms. The SMILES string of the molecule is CC1(C)c2ccccc2-c2ccc(-c3nc4ccccc4nc3-n3c4ccc5cccc6c5c4c4c5c(ccc43)sc3cccc-6c35)cc21.